The molecule has 0 unspecified atom stereocenters. The number of nitrogens with zero attached hydrogens (tertiary/aromatic N) is 4. The molecule has 0 radical (unpaired) electrons. The first-order valence-electron chi connectivity index (χ1n) is 14.3. The van der Waals surface area contributed by atoms with Crippen molar-refractivity contribution in [3.05, 3.63) is 113 Å². The number of pyridine rings is 1. The zero-order valence-electron chi connectivity index (χ0n) is 23.6. The van der Waals surface area contributed by atoms with E-state index in [-0.39, 0.29) is 6.04 Å². The van der Waals surface area contributed by atoms with Crippen LogP contribution in [0.1, 0.15) is 70.9 Å². The molecular weight excluding hydrogens is 538 g/mol. The summed E-state index contributed by atoms with van der Waals surface area (Å²) in [6.07, 6.45) is 6.53. The van der Waals surface area contributed by atoms with Crippen molar-refractivity contribution >= 4 is 28.2 Å². The van der Waals surface area contributed by atoms with Crippen LogP contribution in [0.3, 0.4) is 0 Å². The van der Waals surface area contributed by atoms with Gasteiger partial charge in [-0.25, -0.2) is 0 Å². The summed E-state index contributed by atoms with van der Waals surface area (Å²) in [6.45, 7) is 2.08. The van der Waals surface area contributed by atoms with Crippen molar-refractivity contribution in [3.63, 3.8) is 0 Å². The number of amides is 1. The fourth-order valence-corrected chi connectivity index (χ4v) is 5.41. The van der Waals surface area contributed by atoms with Gasteiger partial charge in [0.1, 0.15) is 12.1 Å². The lowest BCUT2D eigenvalue weighted by Crippen LogP contribution is -2.38. The summed E-state index contributed by atoms with van der Waals surface area (Å²) in [5.74, 6) is -0.515. The fraction of sp³-hybridized carbons (Fsp3) is 0.212. The van der Waals surface area contributed by atoms with Crippen LogP contribution in [-0.4, -0.2) is 21.9 Å². The van der Waals surface area contributed by atoms with Crippen molar-refractivity contribution in [1.29, 1.82) is 10.5 Å². The molecule has 1 amide bonds. The Kier molecular flexibility index (Phi) is 7.52. The minimum absolute atomic E-state index is 0.0577. The Labute approximate surface area is 249 Å². The molecule has 43 heavy (non-hydrogen) atoms. The van der Waals surface area contributed by atoms with Gasteiger partial charge >= 0.3 is 0 Å². The molecular formula is C33H31N9O. The fourth-order valence-electron chi connectivity index (χ4n) is 5.41. The first-order valence-corrected chi connectivity index (χ1v) is 14.3. The van der Waals surface area contributed by atoms with Crippen LogP contribution in [0.4, 0.5) is 11.4 Å². The van der Waals surface area contributed by atoms with Gasteiger partial charge in [0.05, 0.1) is 40.1 Å². The van der Waals surface area contributed by atoms with Crippen molar-refractivity contribution in [3.8, 4) is 12.1 Å². The van der Waals surface area contributed by atoms with Crippen LogP contribution in [-0.2, 0) is 0 Å². The lowest BCUT2D eigenvalue weighted by Gasteiger charge is -2.24. The summed E-state index contributed by atoms with van der Waals surface area (Å²) in [5, 5.41) is 30.0. The van der Waals surface area contributed by atoms with Crippen LogP contribution in [0, 0.1) is 22.7 Å². The molecule has 1 aliphatic heterocycles. The molecule has 10 nitrogen and oxygen atoms in total. The minimum Gasteiger partial charge on any atom is -0.377 e. The van der Waals surface area contributed by atoms with Crippen LogP contribution < -0.4 is 27.3 Å². The second-order valence-corrected chi connectivity index (χ2v) is 10.7. The van der Waals surface area contributed by atoms with Crippen LogP contribution in [0.5, 0.6) is 0 Å². The third-order valence-electron chi connectivity index (χ3n) is 7.82. The number of rotatable bonds is 10. The lowest BCUT2D eigenvalue weighted by molar-refractivity contribution is 0.1000. The van der Waals surface area contributed by atoms with Gasteiger partial charge < -0.3 is 21.8 Å². The molecule has 1 saturated carbocycles. The van der Waals surface area contributed by atoms with Gasteiger partial charge in [-0.15, -0.1) is 5.53 Å². The number of aromatic nitrogens is 1. The summed E-state index contributed by atoms with van der Waals surface area (Å²) in [6, 6.07) is 25.4. The molecule has 2 heterocycles. The lowest BCUT2D eigenvalue weighted by atomic mass is 9.99. The second-order valence-electron chi connectivity index (χ2n) is 10.7. The van der Waals surface area contributed by atoms with E-state index in [0.717, 1.165) is 36.1 Å². The number of carbonyl (C=O) groups is 1. The summed E-state index contributed by atoms with van der Waals surface area (Å²) < 4.78 is 0. The molecule has 2 atom stereocenters. The monoisotopic (exact) mass is 569 g/mol. The predicted octanol–water partition coefficient (Wildman–Crippen LogP) is 5.12. The van der Waals surface area contributed by atoms with Gasteiger partial charge in [-0.2, -0.15) is 10.5 Å². The average molecular weight is 570 g/mol. The van der Waals surface area contributed by atoms with Crippen molar-refractivity contribution in [2.75, 3.05) is 10.6 Å². The third-order valence-corrected chi connectivity index (χ3v) is 7.82. The smallest absolute Gasteiger partial charge is 0.248 e. The topological polar surface area (TPSA) is 155 Å². The summed E-state index contributed by atoms with van der Waals surface area (Å²) in [7, 11) is 0. The van der Waals surface area contributed by atoms with E-state index in [1.165, 1.54) is 6.20 Å². The molecule has 10 heteroatoms. The maximum atomic E-state index is 12.0. The Balaban J connectivity index is 1.45. The Hall–Kier alpha value is -5.58. The second kappa shape index (κ2) is 11.7. The molecule has 1 aliphatic carbocycles. The molecule has 0 spiro atoms. The third kappa shape index (κ3) is 5.65. The molecule has 1 fully saturated rings. The van der Waals surface area contributed by atoms with E-state index in [0.29, 0.717) is 45.0 Å². The number of primary amides is 1. The Bertz CT molecular complexity index is 1800. The zero-order valence-corrected chi connectivity index (χ0v) is 23.6. The quantitative estimate of drug-likeness (QED) is 0.175. The molecule has 0 bridgehead atoms. The SMILES string of the molecule is CC[C@@H](Nc1c(C#N)cnc2c(C#N)cc(N[C@H](C3=CN(C4CC4)NN3)c3cccc(C(N)=O)c3)cc12)c1ccccc1. The molecule has 1 aromatic heterocycles. The van der Waals surface area contributed by atoms with E-state index >= 15 is 0 Å². The van der Waals surface area contributed by atoms with Crippen LogP contribution in [0.25, 0.3) is 10.9 Å². The van der Waals surface area contributed by atoms with Crippen LogP contribution in [0.2, 0.25) is 0 Å². The highest BCUT2D eigenvalue weighted by atomic mass is 16.1. The van der Waals surface area contributed by atoms with Crippen molar-refractivity contribution in [2.24, 2.45) is 5.73 Å². The number of benzene rings is 3. The standard InChI is InChI=1S/C33H31N9O/c1-2-28(20-7-4-3-5-8-20)39-31-24(17-35)18-37-30-23(16-34)14-25(15-27(30)31)38-32(21-9-6-10-22(13-21)33(36)43)29-19-42(41-40-29)26-11-12-26/h3-10,13-15,18-19,26,28,32,38,40-41H,2,11-12H2,1H3,(H2,36,43)(H,37,39)/t28-,32+/m1/s1. The number of nitrogens with one attached hydrogen (secondary N) is 4. The first kappa shape index (κ1) is 27.6. The van der Waals surface area contributed by atoms with Crippen molar-refractivity contribution in [2.45, 2.75) is 44.3 Å². The largest absolute Gasteiger partial charge is 0.377 e. The van der Waals surface area contributed by atoms with E-state index in [9.17, 15) is 15.3 Å². The number of hydrazine groups is 2. The van der Waals surface area contributed by atoms with E-state index in [1.807, 2.05) is 41.5 Å². The Morgan fingerprint density at radius 3 is 2.51 bits per heavy atom. The molecule has 214 valence electrons. The summed E-state index contributed by atoms with van der Waals surface area (Å²) >= 11 is 0. The number of anilines is 2. The number of fused-ring (bicyclic) bond motifs is 1. The highest BCUT2D eigenvalue weighted by Crippen LogP contribution is 2.37. The van der Waals surface area contributed by atoms with E-state index < -0.39 is 11.9 Å². The van der Waals surface area contributed by atoms with E-state index in [4.69, 9.17) is 5.73 Å². The van der Waals surface area contributed by atoms with Gasteiger partial charge in [0.2, 0.25) is 5.91 Å². The molecule has 3 aromatic carbocycles. The molecule has 0 saturated heterocycles. The Morgan fingerprint density at radius 2 is 1.81 bits per heavy atom. The average Bonchev–Trinajstić information content (AvgIpc) is 3.78. The van der Waals surface area contributed by atoms with Crippen LogP contribution in [0.15, 0.2) is 84.8 Å². The molecule has 6 N–H and O–H groups in total. The molecule has 4 aromatic rings. The minimum atomic E-state index is -0.515. The number of nitrogens with two attached hydrogens (primary N) is 1. The van der Waals surface area contributed by atoms with E-state index in [1.54, 1.807) is 24.3 Å². The highest BCUT2D eigenvalue weighted by molar-refractivity contribution is 5.99. The Morgan fingerprint density at radius 1 is 1.05 bits per heavy atom. The van der Waals surface area contributed by atoms with Crippen LogP contribution >= 0.6 is 0 Å². The number of hydrogen-bond donors (Lipinski definition) is 5. The number of carbonyl (C=O) groups excluding carboxylic acids is 1. The first-order chi connectivity index (χ1) is 21.0. The van der Waals surface area contributed by atoms with Crippen molar-refractivity contribution in [1.82, 2.24) is 21.0 Å². The normalized spacial score (nSPS) is 15.5. The predicted molar refractivity (Wildman–Crippen MR) is 165 cm³/mol. The number of hydrogen-bond acceptors (Lipinski definition) is 9. The highest BCUT2D eigenvalue weighted by Gasteiger charge is 2.32. The van der Waals surface area contributed by atoms with Gasteiger partial charge in [0, 0.05) is 35.1 Å². The van der Waals surface area contributed by atoms with Gasteiger partial charge in [0.25, 0.3) is 0 Å². The van der Waals surface area contributed by atoms with Gasteiger partial charge in [-0.1, -0.05) is 49.4 Å². The maximum Gasteiger partial charge on any atom is 0.248 e. The van der Waals surface area contributed by atoms with E-state index in [2.05, 4.69) is 57.8 Å². The van der Waals surface area contributed by atoms with Gasteiger partial charge in [0.15, 0.2) is 0 Å². The number of nitriles is 2. The zero-order chi connectivity index (χ0) is 29.9. The summed E-state index contributed by atoms with van der Waals surface area (Å²) in [5.41, 5.74) is 17.8. The molecule has 2 aliphatic rings. The summed E-state index contributed by atoms with van der Waals surface area (Å²) in [4.78, 5) is 16.5. The maximum absolute atomic E-state index is 12.0. The molecule has 6 rings (SSSR count). The van der Waals surface area contributed by atoms with Gasteiger partial charge in [-0.05, 0) is 54.7 Å². The van der Waals surface area contributed by atoms with Gasteiger partial charge in [-0.3, -0.25) is 14.8 Å². The van der Waals surface area contributed by atoms with Crippen molar-refractivity contribution < 1.29 is 4.79 Å².